The third kappa shape index (κ3) is 12.1. The van der Waals surface area contributed by atoms with Crippen molar-refractivity contribution in [1.29, 1.82) is 0 Å². The molecule has 0 bridgehead atoms. The van der Waals surface area contributed by atoms with Crippen molar-refractivity contribution in [2.45, 2.75) is 110 Å². The molecule has 0 unspecified atom stereocenters. The fraction of sp³-hybridized carbons (Fsp3) is 0.731. The van der Waals surface area contributed by atoms with Gasteiger partial charge in [0, 0.05) is 25.3 Å². The van der Waals surface area contributed by atoms with Crippen molar-refractivity contribution in [2.24, 2.45) is 0 Å². The van der Waals surface area contributed by atoms with Crippen LogP contribution in [-0.2, 0) is 0 Å². The summed E-state index contributed by atoms with van der Waals surface area (Å²) in [5, 5.41) is 20.2. The van der Waals surface area contributed by atoms with E-state index < -0.39 is 10.9 Å². The van der Waals surface area contributed by atoms with Crippen LogP contribution in [0.3, 0.4) is 0 Å². The van der Waals surface area contributed by atoms with Crippen LogP contribution in [0.5, 0.6) is 0 Å². The standard InChI is InChI=1S/C26H44N2O4/c1-3-4-5-6-7-8-9-10-11-12-13-14-15-16-17-18-21-27(2)23-19-20-25(28(31)32)24(22-23)26(29)30/h19-20,22H,3-18,21H2,1-2H3,(H,29,30). The fourth-order valence-electron chi connectivity index (χ4n) is 4.12. The number of unbranched alkanes of at least 4 members (excludes halogenated alkanes) is 15. The zero-order valence-corrected chi connectivity index (χ0v) is 20.3. The Balaban J connectivity index is 2.04. The van der Waals surface area contributed by atoms with Crippen molar-refractivity contribution in [1.82, 2.24) is 0 Å². The highest BCUT2D eigenvalue weighted by molar-refractivity contribution is 5.93. The van der Waals surface area contributed by atoms with Crippen molar-refractivity contribution < 1.29 is 14.8 Å². The highest BCUT2D eigenvalue weighted by Gasteiger charge is 2.20. The van der Waals surface area contributed by atoms with E-state index in [4.69, 9.17) is 0 Å². The summed E-state index contributed by atoms with van der Waals surface area (Å²) in [7, 11) is 1.90. The molecule has 0 aliphatic carbocycles. The lowest BCUT2D eigenvalue weighted by Crippen LogP contribution is -2.19. The molecule has 0 atom stereocenters. The van der Waals surface area contributed by atoms with Crippen LogP contribution in [0.25, 0.3) is 0 Å². The number of carboxylic acid groups (broad SMARTS) is 1. The zero-order valence-electron chi connectivity index (χ0n) is 20.3. The molecule has 1 N–H and O–H groups in total. The molecule has 1 rings (SSSR count). The number of hydrogen-bond acceptors (Lipinski definition) is 4. The molecule has 0 amide bonds. The first-order valence-electron chi connectivity index (χ1n) is 12.7. The maximum atomic E-state index is 11.3. The van der Waals surface area contributed by atoms with Gasteiger partial charge in [0.25, 0.3) is 5.69 Å². The minimum absolute atomic E-state index is 0.258. The molecule has 0 spiro atoms. The number of carboxylic acids is 1. The summed E-state index contributed by atoms with van der Waals surface area (Å²) in [6, 6.07) is 4.30. The van der Waals surface area contributed by atoms with E-state index in [1.807, 2.05) is 11.9 Å². The highest BCUT2D eigenvalue weighted by atomic mass is 16.6. The summed E-state index contributed by atoms with van der Waals surface area (Å²) in [6.45, 7) is 3.08. The Bertz CT molecular complexity index is 663. The molecule has 0 saturated carbocycles. The first-order chi connectivity index (χ1) is 15.5. The molecule has 6 heteroatoms. The van der Waals surface area contributed by atoms with Gasteiger partial charge in [-0.05, 0) is 18.6 Å². The van der Waals surface area contributed by atoms with Crippen LogP contribution in [0.15, 0.2) is 18.2 Å². The Kier molecular flexibility index (Phi) is 15.2. The minimum Gasteiger partial charge on any atom is -0.477 e. The number of rotatable bonds is 20. The predicted octanol–water partition coefficient (Wildman–Crippen LogP) is 7.99. The van der Waals surface area contributed by atoms with E-state index in [-0.39, 0.29) is 11.3 Å². The van der Waals surface area contributed by atoms with Crippen LogP contribution < -0.4 is 4.90 Å². The number of nitrogens with zero attached hydrogens (tertiary/aromatic N) is 2. The van der Waals surface area contributed by atoms with Gasteiger partial charge >= 0.3 is 5.97 Å². The lowest BCUT2D eigenvalue weighted by atomic mass is 10.0. The van der Waals surface area contributed by atoms with Crippen LogP contribution in [0.1, 0.15) is 120 Å². The second kappa shape index (κ2) is 17.4. The fourth-order valence-corrected chi connectivity index (χ4v) is 4.12. The molecule has 0 radical (unpaired) electrons. The number of benzene rings is 1. The van der Waals surface area contributed by atoms with Crippen LogP contribution in [-0.4, -0.2) is 29.6 Å². The van der Waals surface area contributed by atoms with Crippen molar-refractivity contribution in [3.05, 3.63) is 33.9 Å². The van der Waals surface area contributed by atoms with Gasteiger partial charge in [-0.25, -0.2) is 4.79 Å². The molecular formula is C26H44N2O4. The van der Waals surface area contributed by atoms with E-state index in [9.17, 15) is 20.0 Å². The van der Waals surface area contributed by atoms with Gasteiger partial charge in [0.2, 0.25) is 0 Å². The Morgan fingerprint density at radius 1 is 0.844 bits per heavy atom. The molecule has 1 aromatic carbocycles. The Labute approximate surface area is 194 Å². The second-order valence-electron chi connectivity index (χ2n) is 8.99. The Morgan fingerprint density at radius 2 is 1.28 bits per heavy atom. The van der Waals surface area contributed by atoms with E-state index in [1.54, 1.807) is 6.07 Å². The molecule has 32 heavy (non-hydrogen) atoms. The van der Waals surface area contributed by atoms with Crippen LogP contribution >= 0.6 is 0 Å². The van der Waals surface area contributed by atoms with Crippen LogP contribution in [0.4, 0.5) is 11.4 Å². The number of aromatic carboxylic acids is 1. The van der Waals surface area contributed by atoms with Gasteiger partial charge in [-0.3, -0.25) is 10.1 Å². The van der Waals surface area contributed by atoms with Gasteiger partial charge in [-0.1, -0.05) is 103 Å². The molecule has 182 valence electrons. The molecule has 0 aliphatic rings. The average molecular weight is 449 g/mol. The van der Waals surface area contributed by atoms with Crippen molar-refractivity contribution in [3.63, 3.8) is 0 Å². The topological polar surface area (TPSA) is 83.7 Å². The van der Waals surface area contributed by atoms with Gasteiger partial charge in [-0.2, -0.15) is 0 Å². The van der Waals surface area contributed by atoms with E-state index in [2.05, 4.69) is 6.92 Å². The highest BCUT2D eigenvalue weighted by Crippen LogP contribution is 2.25. The quantitative estimate of drug-likeness (QED) is 0.124. The summed E-state index contributed by atoms with van der Waals surface area (Å²) < 4.78 is 0. The van der Waals surface area contributed by atoms with Crippen LogP contribution in [0.2, 0.25) is 0 Å². The largest absolute Gasteiger partial charge is 0.477 e. The van der Waals surface area contributed by atoms with E-state index >= 15 is 0 Å². The monoisotopic (exact) mass is 448 g/mol. The van der Waals surface area contributed by atoms with Gasteiger partial charge in [0.15, 0.2) is 0 Å². The average Bonchev–Trinajstić information content (AvgIpc) is 2.78. The van der Waals surface area contributed by atoms with E-state index in [0.29, 0.717) is 5.69 Å². The van der Waals surface area contributed by atoms with Crippen molar-refractivity contribution >= 4 is 17.3 Å². The van der Waals surface area contributed by atoms with Crippen molar-refractivity contribution in [3.8, 4) is 0 Å². The van der Waals surface area contributed by atoms with Gasteiger partial charge in [0.1, 0.15) is 5.56 Å². The number of carbonyl (C=O) groups is 1. The lowest BCUT2D eigenvalue weighted by molar-refractivity contribution is -0.385. The SMILES string of the molecule is CCCCCCCCCCCCCCCCCCN(C)c1ccc([N+](=O)[O-])c(C(=O)O)c1. The molecule has 0 heterocycles. The molecule has 0 aliphatic heterocycles. The maximum Gasteiger partial charge on any atom is 0.342 e. The normalized spacial score (nSPS) is 10.9. The van der Waals surface area contributed by atoms with E-state index in [1.165, 1.54) is 102 Å². The molecule has 1 aromatic rings. The summed E-state index contributed by atoms with van der Waals surface area (Å²) >= 11 is 0. The molecule has 0 fully saturated rings. The first-order valence-corrected chi connectivity index (χ1v) is 12.7. The Hall–Kier alpha value is -2.11. The number of nitro groups is 1. The van der Waals surface area contributed by atoms with E-state index in [0.717, 1.165) is 19.4 Å². The molecular weight excluding hydrogens is 404 g/mol. The number of anilines is 1. The minimum atomic E-state index is -1.27. The lowest BCUT2D eigenvalue weighted by Gasteiger charge is -2.19. The number of hydrogen-bond donors (Lipinski definition) is 1. The summed E-state index contributed by atoms with van der Waals surface area (Å²) in [5.74, 6) is -1.27. The summed E-state index contributed by atoms with van der Waals surface area (Å²) in [4.78, 5) is 23.6. The predicted molar refractivity (Wildman–Crippen MR) is 133 cm³/mol. The van der Waals surface area contributed by atoms with Gasteiger partial charge in [-0.15, -0.1) is 0 Å². The van der Waals surface area contributed by atoms with Crippen molar-refractivity contribution in [2.75, 3.05) is 18.5 Å². The van der Waals surface area contributed by atoms with Gasteiger partial charge in [0.05, 0.1) is 4.92 Å². The van der Waals surface area contributed by atoms with Crippen LogP contribution in [0, 0.1) is 10.1 Å². The summed E-state index contributed by atoms with van der Waals surface area (Å²) in [5.41, 5.74) is 0.0809. The van der Waals surface area contributed by atoms with Gasteiger partial charge < -0.3 is 10.0 Å². The smallest absolute Gasteiger partial charge is 0.342 e. The zero-order chi connectivity index (χ0) is 23.6. The third-order valence-corrected chi connectivity index (χ3v) is 6.20. The molecule has 0 saturated heterocycles. The third-order valence-electron chi connectivity index (χ3n) is 6.20. The first kappa shape index (κ1) is 27.9. The second-order valence-corrected chi connectivity index (χ2v) is 8.99. The summed E-state index contributed by atoms with van der Waals surface area (Å²) in [6.07, 6.45) is 21.3. The molecule has 6 nitrogen and oxygen atoms in total. The molecule has 0 aromatic heterocycles. The Morgan fingerprint density at radius 3 is 1.69 bits per heavy atom. The number of nitro benzene ring substituents is 1. The maximum absolute atomic E-state index is 11.3.